The van der Waals surface area contributed by atoms with Crippen LogP contribution in [0.2, 0.25) is 0 Å². The van der Waals surface area contributed by atoms with E-state index in [0.29, 0.717) is 24.2 Å². The highest BCUT2D eigenvalue weighted by molar-refractivity contribution is 7.95. The molecule has 0 N–H and O–H groups in total. The topological polar surface area (TPSA) is 63.7 Å². The maximum absolute atomic E-state index is 11.8. The van der Waals surface area contributed by atoms with Gasteiger partial charge in [0.1, 0.15) is 0 Å². The van der Waals surface area contributed by atoms with Gasteiger partial charge in [-0.05, 0) is 24.1 Å². The van der Waals surface area contributed by atoms with Gasteiger partial charge in [0, 0.05) is 12.0 Å². The molecular formula is C12H13NO4S. The van der Waals surface area contributed by atoms with Crippen LogP contribution in [0.15, 0.2) is 30.2 Å². The van der Waals surface area contributed by atoms with Crippen molar-refractivity contribution < 1.29 is 17.9 Å². The summed E-state index contributed by atoms with van der Waals surface area (Å²) in [7, 11) is -2.23. The summed E-state index contributed by atoms with van der Waals surface area (Å²) in [5.74, 6) is -0.486. The van der Waals surface area contributed by atoms with E-state index in [-0.39, 0.29) is 0 Å². The van der Waals surface area contributed by atoms with Crippen LogP contribution >= 0.6 is 0 Å². The molecule has 1 aliphatic rings. The van der Waals surface area contributed by atoms with E-state index in [0.717, 1.165) is 11.0 Å². The molecule has 0 spiro atoms. The first-order valence-electron chi connectivity index (χ1n) is 5.36. The molecule has 0 unspecified atom stereocenters. The fourth-order valence-corrected chi connectivity index (χ4v) is 2.92. The van der Waals surface area contributed by atoms with Crippen molar-refractivity contribution in [2.24, 2.45) is 0 Å². The lowest BCUT2D eigenvalue weighted by atomic mass is 10.1. The molecule has 96 valence electrons. The van der Waals surface area contributed by atoms with Gasteiger partial charge in [-0.15, -0.1) is 0 Å². The van der Waals surface area contributed by atoms with Crippen LogP contribution in [0.4, 0.5) is 5.69 Å². The van der Waals surface area contributed by atoms with Crippen molar-refractivity contribution in [3.63, 3.8) is 0 Å². The van der Waals surface area contributed by atoms with Crippen LogP contribution in [0.3, 0.4) is 0 Å². The van der Waals surface area contributed by atoms with Crippen LogP contribution in [-0.4, -0.2) is 28.0 Å². The maximum Gasteiger partial charge on any atom is 0.337 e. The second-order valence-corrected chi connectivity index (χ2v) is 5.67. The Hall–Kier alpha value is -1.82. The van der Waals surface area contributed by atoms with Crippen molar-refractivity contribution in [2.75, 3.05) is 18.0 Å². The second kappa shape index (κ2) is 4.45. The molecule has 2 rings (SSSR count). The number of sulfonamides is 1. The number of anilines is 1. The number of benzene rings is 1. The zero-order chi connectivity index (χ0) is 13.3. The van der Waals surface area contributed by atoms with Crippen LogP contribution in [0.1, 0.15) is 15.9 Å². The van der Waals surface area contributed by atoms with Gasteiger partial charge >= 0.3 is 5.97 Å². The molecule has 0 amide bonds. The van der Waals surface area contributed by atoms with Crippen molar-refractivity contribution in [3.8, 4) is 0 Å². The summed E-state index contributed by atoms with van der Waals surface area (Å²) >= 11 is 0. The number of ether oxygens (including phenoxy) is 1. The van der Waals surface area contributed by atoms with Crippen LogP contribution in [-0.2, 0) is 21.2 Å². The summed E-state index contributed by atoms with van der Waals surface area (Å²) in [5, 5.41) is 0.910. The van der Waals surface area contributed by atoms with E-state index < -0.39 is 16.0 Å². The zero-order valence-corrected chi connectivity index (χ0v) is 10.7. The van der Waals surface area contributed by atoms with Crippen LogP contribution in [0.25, 0.3) is 0 Å². The average molecular weight is 267 g/mol. The predicted molar refractivity (Wildman–Crippen MR) is 67.9 cm³/mol. The Morgan fingerprint density at radius 3 is 2.83 bits per heavy atom. The maximum atomic E-state index is 11.8. The molecule has 0 radical (unpaired) electrons. The molecule has 18 heavy (non-hydrogen) atoms. The monoisotopic (exact) mass is 267 g/mol. The van der Waals surface area contributed by atoms with Crippen LogP contribution in [0, 0.1) is 0 Å². The van der Waals surface area contributed by atoms with Gasteiger partial charge in [-0.3, -0.25) is 4.31 Å². The van der Waals surface area contributed by atoms with E-state index >= 15 is 0 Å². The molecule has 0 aromatic heterocycles. The molecule has 0 saturated heterocycles. The second-order valence-electron chi connectivity index (χ2n) is 3.87. The fourth-order valence-electron chi connectivity index (χ4n) is 1.95. The minimum atomic E-state index is -3.52. The van der Waals surface area contributed by atoms with Crippen LogP contribution < -0.4 is 4.31 Å². The highest BCUT2D eigenvalue weighted by atomic mass is 32.2. The number of methoxy groups -OCH3 is 1. The third kappa shape index (κ3) is 1.99. The molecule has 1 aliphatic heterocycles. The van der Waals surface area contributed by atoms with Crippen molar-refractivity contribution in [2.45, 2.75) is 6.42 Å². The number of carbonyl (C=O) groups excluding carboxylic acids is 1. The lowest BCUT2D eigenvalue weighted by Crippen LogP contribution is -2.26. The number of nitrogens with zero attached hydrogens (tertiary/aromatic N) is 1. The third-order valence-corrected chi connectivity index (χ3v) is 4.29. The quantitative estimate of drug-likeness (QED) is 0.775. The number of hydrogen-bond donors (Lipinski definition) is 0. The summed E-state index contributed by atoms with van der Waals surface area (Å²) in [5.41, 5.74) is 1.76. The Morgan fingerprint density at radius 2 is 2.22 bits per heavy atom. The Morgan fingerprint density at radius 1 is 1.50 bits per heavy atom. The van der Waals surface area contributed by atoms with Crippen molar-refractivity contribution in [1.82, 2.24) is 0 Å². The molecule has 6 heteroatoms. The van der Waals surface area contributed by atoms with Gasteiger partial charge in [0.05, 0.1) is 18.4 Å². The largest absolute Gasteiger partial charge is 0.465 e. The van der Waals surface area contributed by atoms with Gasteiger partial charge in [-0.2, -0.15) is 0 Å². The van der Waals surface area contributed by atoms with Gasteiger partial charge in [-0.1, -0.05) is 12.6 Å². The minimum Gasteiger partial charge on any atom is -0.465 e. The number of fused-ring (bicyclic) bond motifs is 1. The number of carbonyl (C=O) groups is 1. The third-order valence-electron chi connectivity index (χ3n) is 2.88. The van der Waals surface area contributed by atoms with Gasteiger partial charge in [0.15, 0.2) is 0 Å². The molecule has 1 aromatic rings. The van der Waals surface area contributed by atoms with Crippen molar-refractivity contribution >= 4 is 21.7 Å². The Bertz CT molecular complexity index is 607. The Labute approximate surface area is 106 Å². The van der Waals surface area contributed by atoms with Gasteiger partial charge in [0.25, 0.3) is 10.0 Å². The highest BCUT2D eigenvalue weighted by Gasteiger charge is 2.28. The average Bonchev–Trinajstić information content (AvgIpc) is 2.81. The van der Waals surface area contributed by atoms with Gasteiger partial charge in [-0.25, -0.2) is 13.2 Å². The number of rotatable bonds is 3. The highest BCUT2D eigenvalue weighted by Crippen LogP contribution is 2.31. The lowest BCUT2D eigenvalue weighted by molar-refractivity contribution is 0.0601. The fraction of sp³-hybridized carbons (Fsp3) is 0.250. The summed E-state index contributed by atoms with van der Waals surface area (Å²) in [6, 6.07) is 4.92. The first kappa shape index (κ1) is 12.6. The first-order chi connectivity index (χ1) is 8.49. The van der Waals surface area contributed by atoms with E-state index in [1.165, 1.54) is 17.5 Å². The van der Waals surface area contributed by atoms with E-state index in [4.69, 9.17) is 0 Å². The summed E-state index contributed by atoms with van der Waals surface area (Å²) < 4.78 is 29.5. The van der Waals surface area contributed by atoms with Crippen LogP contribution in [0.5, 0.6) is 0 Å². The zero-order valence-electron chi connectivity index (χ0n) is 9.92. The first-order valence-corrected chi connectivity index (χ1v) is 6.86. The normalized spacial score (nSPS) is 14.2. The summed E-state index contributed by atoms with van der Waals surface area (Å²) in [4.78, 5) is 11.4. The molecule has 0 bridgehead atoms. The molecule has 5 nitrogen and oxygen atoms in total. The minimum absolute atomic E-state index is 0.336. The predicted octanol–water partition coefficient (Wildman–Crippen LogP) is 1.31. The smallest absolute Gasteiger partial charge is 0.337 e. The van der Waals surface area contributed by atoms with E-state index in [9.17, 15) is 13.2 Å². The Kier molecular flexibility index (Phi) is 3.13. The molecule has 0 atom stereocenters. The molecule has 1 heterocycles. The van der Waals surface area contributed by atoms with E-state index in [2.05, 4.69) is 11.3 Å². The molecule has 0 aliphatic carbocycles. The summed E-state index contributed by atoms with van der Waals surface area (Å²) in [6.45, 7) is 3.67. The SMILES string of the molecule is C=CS(=O)(=O)N1CCc2ccc(C(=O)OC)cc21. The number of esters is 1. The van der Waals surface area contributed by atoms with E-state index in [1.807, 2.05) is 0 Å². The standard InChI is InChI=1S/C12H13NO4S/c1-3-18(15,16)13-7-6-9-4-5-10(8-11(9)13)12(14)17-2/h3-5,8H,1,6-7H2,2H3. The molecular weight excluding hydrogens is 254 g/mol. The van der Waals surface area contributed by atoms with Crippen molar-refractivity contribution in [3.05, 3.63) is 41.3 Å². The van der Waals surface area contributed by atoms with Crippen molar-refractivity contribution in [1.29, 1.82) is 0 Å². The van der Waals surface area contributed by atoms with Gasteiger partial charge < -0.3 is 4.74 Å². The van der Waals surface area contributed by atoms with Gasteiger partial charge in [0.2, 0.25) is 0 Å². The molecule has 1 aromatic carbocycles. The van der Waals surface area contributed by atoms with E-state index in [1.54, 1.807) is 12.1 Å². The molecule has 0 saturated carbocycles. The Balaban J connectivity index is 2.49. The number of hydrogen-bond acceptors (Lipinski definition) is 4. The lowest BCUT2D eigenvalue weighted by Gasteiger charge is -2.17. The molecule has 0 fully saturated rings. The summed E-state index contributed by atoms with van der Waals surface area (Å²) in [6.07, 6.45) is 0.629.